The Kier molecular flexibility index (Phi) is 6.76. The number of benzene rings is 2. The summed E-state index contributed by atoms with van der Waals surface area (Å²) in [5.74, 6) is 1.52. The quantitative estimate of drug-likeness (QED) is 0.310. The number of thiazole rings is 1. The van der Waals surface area contributed by atoms with Crippen molar-refractivity contribution in [1.29, 1.82) is 0 Å². The maximum atomic E-state index is 14.2. The Hall–Kier alpha value is -4.21. The van der Waals surface area contributed by atoms with E-state index in [0.717, 1.165) is 51.4 Å². The second-order valence-corrected chi connectivity index (χ2v) is 10.1. The van der Waals surface area contributed by atoms with E-state index in [1.165, 1.54) is 0 Å². The van der Waals surface area contributed by atoms with E-state index in [2.05, 4.69) is 54.7 Å². The van der Waals surface area contributed by atoms with Crippen LogP contribution in [0.3, 0.4) is 0 Å². The number of hydrogen-bond acceptors (Lipinski definition) is 7. The third-order valence-electron chi connectivity index (χ3n) is 6.83. The van der Waals surface area contributed by atoms with E-state index in [-0.39, 0.29) is 5.91 Å². The van der Waals surface area contributed by atoms with Crippen molar-refractivity contribution in [3.05, 3.63) is 101 Å². The highest BCUT2D eigenvalue weighted by molar-refractivity contribution is 7.07. The lowest BCUT2D eigenvalue weighted by Gasteiger charge is -2.26. The fourth-order valence-corrected chi connectivity index (χ4v) is 5.52. The van der Waals surface area contributed by atoms with Crippen molar-refractivity contribution in [2.75, 3.05) is 11.4 Å². The van der Waals surface area contributed by atoms with Crippen LogP contribution in [0.2, 0.25) is 0 Å². The van der Waals surface area contributed by atoms with E-state index in [1.54, 1.807) is 23.7 Å². The fraction of sp³-hybridized carbons (Fsp3) is 0.207. The highest BCUT2D eigenvalue weighted by Gasteiger charge is 2.33. The second kappa shape index (κ2) is 10.6. The molecule has 190 valence electrons. The number of amides is 1. The van der Waals surface area contributed by atoms with Crippen LogP contribution < -0.4 is 10.2 Å². The van der Waals surface area contributed by atoms with Crippen molar-refractivity contribution in [3.63, 3.8) is 0 Å². The van der Waals surface area contributed by atoms with Gasteiger partial charge in [-0.1, -0.05) is 30.3 Å². The van der Waals surface area contributed by atoms with Gasteiger partial charge in [0.25, 0.3) is 0 Å². The Morgan fingerprint density at radius 2 is 1.95 bits per heavy atom. The predicted octanol–water partition coefficient (Wildman–Crippen LogP) is 4.59. The lowest BCUT2D eigenvalue weighted by atomic mass is 9.97. The third kappa shape index (κ3) is 4.98. The summed E-state index contributed by atoms with van der Waals surface area (Å²) in [5.41, 5.74) is 8.89. The van der Waals surface area contributed by atoms with Crippen molar-refractivity contribution in [2.45, 2.75) is 32.4 Å². The molecular weight excluding hydrogens is 494 g/mol. The van der Waals surface area contributed by atoms with Crippen LogP contribution in [-0.4, -0.2) is 43.6 Å². The maximum Gasteiger partial charge on any atom is 0.244 e. The third-order valence-corrected chi connectivity index (χ3v) is 7.47. The molecular formula is C29H27N7OS. The van der Waals surface area contributed by atoms with Crippen LogP contribution in [0.5, 0.6) is 0 Å². The molecule has 0 bridgehead atoms. The summed E-state index contributed by atoms with van der Waals surface area (Å²) < 4.78 is 0. The van der Waals surface area contributed by atoms with Crippen LogP contribution in [0, 0.1) is 6.92 Å². The van der Waals surface area contributed by atoms with Crippen molar-refractivity contribution in [2.24, 2.45) is 0 Å². The molecule has 9 heteroatoms. The first-order valence-corrected chi connectivity index (χ1v) is 13.5. The van der Waals surface area contributed by atoms with Gasteiger partial charge in [-0.25, -0.2) is 4.98 Å². The molecule has 1 atom stereocenters. The number of fused-ring (bicyclic) bond motifs is 1. The molecule has 2 aromatic carbocycles. The number of aromatic nitrogens is 5. The lowest BCUT2D eigenvalue weighted by molar-refractivity contribution is -0.120. The minimum atomic E-state index is -0.398. The zero-order chi connectivity index (χ0) is 25.9. The zero-order valence-corrected chi connectivity index (χ0v) is 21.8. The highest BCUT2D eigenvalue weighted by Crippen LogP contribution is 2.39. The van der Waals surface area contributed by atoms with E-state index < -0.39 is 6.04 Å². The fourth-order valence-electron chi connectivity index (χ4n) is 4.96. The van der Waals surface area contributed by atoms with Gasteiger partial charge in [0.2, 0.25) is 5.91 Å². The Morgan fingerprint density at radius 1 is 1.11 bits per heavy atom. The number of hydrogen-bond donors (Lipinski definition) is 2. The molecule has 2 N–H and O–H groups in total. The number of aryl methyl sites for hydroxylation is 1. The first kappa shape index (κ1) is 24.1. The zero-order valence-electron chi connectivity index (χ0n) is 21.0. The molecule has 8 nitrogen and oxygen atoms in total. The highest BCUT2D eigenvalue weighted by atomic mass is 32.1. The van der Waals surface area contributed by atoms with Crippen LogP contribution in [-0.2, 0) is 24.2 Å². The molecule has 4 heterocycles. The monoisotopic (exact) mass is 521 g/mol. The van der Waals surface area contributed by atoms with E-state index in [4.69, 9.17) is 0 Å². The van der Waals surface area contributed by atoms with Crippen molar-refractivity contribution >= 4 is 22.9 Å². The normalized spacial score (nSPS) is 13.4. The number of anilines is 1. The molecule has 1 aliphatic heterocycles. The molecule has 0 unspecified atom stereocenters. The van der Waals surface area contributed by atoms with Crippen LogP contribution in [0.4, 0.5) is 5.69 Å². The summed E-state index contributed by atoms with van der Waals surface area (Å²) in [7, 11) is 0. The Balaban J connectivity index is 1.38. The number of nitrogens with zero attached hydrogens (tertiary/aromatic N) is 5. The van der Waals surface area contributed by atoms with Gasteiger partial charge in [0.1, 0.15) is 5.82 Å². The first-order valence-electron chi connectivity index (χ1n) is 12.6. The molecule has 0 spiro atoms. The van der Waals surface area contributed by atoms with Crippen LogP contribution in [0.25, 0.3) is 22.5 Å². The summed E-state index contributed by atoms with van der Waals surface area (Å²) in [6.45, 7) is 3.03. The van der Waals surface area contributed by atoms with Gasteiger partial charge in [-0.2, -0.15) is 0 Å². The minimum absolute atomic E-state index is 0.0504. The molecule has 0 saturated carbocycles. The number of H-pyrrole nitrogens is 1. The summed E-state index contributed by atoms with van der Waals surface area (Å²) in [6, 6.07) is 17.9. The summed E-state index contributed by atoms with van der Waals surface area (Å²) >= 11 is 1.56. The summed E-state index contributed by atoms with van der Waals surface area (Å²) in [6.07, 6.45) is 4.90. The molecule has 0 aliphatic carbocycles. The molecule has 38 heavy (non-hydrogen) atoms. The average molecular weight is 522 g/mol. The topological polar surface area (TPSA) is 99.7 Å². The first-order chi connectivity index (χ1) is 18.7. The number of aromatic amines is 1. The maximum absolute atomic E-state index is 14.2. The predicted molar refractivity (Wildman–Crippen MR) is 149 cm³/mol. The van der Waals surface area contributed by atoms with Gasteiger partial charge in [-0.3, -0.25) is 15.1 Å². The lowest BCUT2D eigenvalue weighted by Crippen LogP contribution is -2.47. The smallest absolute Gasteiger partial charge is 0.244 e. The van der Waals surface area contributed by atoms with Crippen LogP contribution >= 0.6 is 11.3 Å². The Bertz CT molecular complexity index is 1530. The number of pyridine rings is 1. The van der Waals surface area contributed by atoms with E-state index in [1.807, 2.05) is 53.0 Å². The van der Waals surface area contributed by atoms with Gasteiger partial charge in [-0.05, 0) is 66.3 Å². The van der Waals surface area contributed by atoms with Crippen molar-refractivity contribution in [3.8, 4) is 22.5 Å². The largest absolute Gasteiger partial charge is 0.325 e. The number of nitrogens with one attached hydrogen (secondary N) is 2. The standard InChI is InChI=1S/C29H27N7OS/c1-19-33-28(35-34-19)25-14-22(21-7-10-30-11-8-21)15-27-24(25)9-12-36(27)29(37)26(13-20-5-3-2-4-6-20)31-16-23-17-38-18-32-23/h2-8,10-11,14-15,17-18,26,31H,9,12-13,16H2,1H3,(H,33,34,35)/t26-/m0/s1. The molecule has 5 aromatic rings. The number of carbonyl (C=O) groups excluding carboxylic acids is 1. The SMILES string of the molecule is Cc1nnc(-c2cc(-c3ccncc3)cc3c2CCN3C(=O)[C@H](Cc2ccccc2)NCc2cscn2)[nH]1. The van der Waals surface area contributed by atoms with Gasteiger partial charge in [0, 0.05) is 42.1 Å². The number of carbonyl (C=O) groups is 1. The molecule has 1 amide bonds. The van der Waals surface area contributed by atoms with E-state index in [9.17, 15) is 4.79 Å². The van der Waals surface area contributed by atoms with Gasteiger partial charge in [-0.15, -0.1) is 21.5 Å². The number of rotatable bonds is 8. The van der Waals surface area contributed by atoms with Gasteiger partial charge in [0.15, 0.2) is 5.82 Å². The Labute approximate surface area is 224 Å². The van der Waals surface area contributed by atoms with Crippen molar-refractivity contribution < 1.29 is 4.79 Å². The van der Waals surface area contributed by atoms with Gasteiger partial charge < -0.3 is 9.88 Å². The van der Waals surface area contributed by atoms with Crippen LogP contribution in [0.15, 0.2) is 77.9 Å². The molecule has 3 aromatic heterocycles. The van der Waals surface area contributed by atoms with E-state index in [0.29, 0.717) is 25.3 Å². The molecule has 0 radical (unpaired) electrons. The summed E-state index contributed by atoms with van der Waals surface area (Å²) in [4.78, 5) is 27.9. The summed E-state index contributed by atoms with van der Waals surface area (Å²) in [5, 5.41) is 14.1. The average Bonchev–Trinajstić information content (AvgIpc) is 3.72. The van der Waals surface area contributed by atoms with Crippen molar-refractivity contribution in [1.82, 2.24) is 30.5 Å². The molecule has 1 aliphatic rings. The molecule has 0 fully saturated rings. The Morgan fingerprint density at radius 3 is 2.68 bits per heavy atom. The van der Waals surface area contributed by atoms with Crippen LogP contribution in [0.1, 0.15) is 22.6 Å². The molecule has 0 saturated heterocycles. The van der Waals surface area contributed by atoms with Gasteiger partial charge >= 0.3 is 0 Å². The van der Waals surface area contributed by atoms with Gasteiger partial charge in [0.05, 0.1) is 17.2 Å². The second-order valence-electron chi connectivity index (χ2n) is 9.36. The molecule has 6 rings (SSSR count). The minimum Gasteiger partial charge on any atom is -0.325 e. The van der Waals surface area contributed by atoms with E-state index >= 15 is 0 Å².